The van der Waals surface area contributed by atoms with Gasteiger partial charge in [-0.3, -0.25) is 0 Å². The van der Waals surface area contributed by atoms with Crippen molar-refractivity contribution in [1.29, 1.82) is 0 Å². The van der Waals surface area contributed by atoms with E-state index in [1.807, 2.05) is 0 Å². The molecule has 0 heterocycles. The standard InChI is InChI=1S/C13H10F5N/c14-12(15,13(16,17)18)11(19)10-7-3-5-8-4-1-2-6-9(8)10/h1-7,11H,19H2. The van der Waals surface area contributed by atoms with Gasteiger partial charge in [-0.2, -0.15) is 22.0 Å². The first-order chi connectivity index (χ1) is 8.75. The van der Waals surface area contributed by atoms with E-state index in [0.29, 0.717) is 10.8 Å². The zero-order chi connectivity index (χ0) is 14.3. The number of halogens is 5. The molecule has 19 heavy (non-hydrogen) atoms. The number of rotatable bonds is 2. The maximum absolute atomic E-state index is 13.3. The van der Waals surface area contributed by atoms with Crippen molar-refractivity contribution in [2.45, 2.75) is 18.1 Å². The van der Waals surface area contributed by atoms with Crippen LogP contribution in [0.15, 0.2) is 42.5 Å². The average molecular weight is 275 g/mol. The first-order valence-electron chi connectivity index (χ1n) is 5.43. The van der Waals surface area contributed by atoms with Gasteiger partial charge < -0.3 is 5.73 Å². The zero-order valence-corrected chi connectivity index (χ0v) is 9.59. The molecule has 2 aromatic rings. The Morgan fingerprint density at radius 1 is 0.842 bits per heavy atom. The van der Waals surface area contributed by atoms with Crippen molar-refractivity contribution in [1.82, 2.24) is 0 Å². The van der Waals surface area contributed by atoms with Gasteiger partial charge in [-0.1, -0.05) is 42.5 Å². The summed E-state index contributed by atoms with van der Waals surface area (Å²) < 4.78 is 63.6. The largest absolute Gasteiger partial charge is 0.455 e. The minimum Gasteiger partial charge on any atom is -0.319 e. The lowest BCUT2D eigenvalue weighted by atomic mass is 9.95. The first-order valence-corrected chi connectivity index (χ1v) is 5.43. The van der Waals surface area contributed by atoms with Gasteiger partial charge in [0, 0.05) is 0 Å². The molecule has 1 atom stereocenters. The Bertz CT molecular complexity index is 586. The van der Waals surface area contributed by atoms with Gasteiger partial charge in [0.1, 0.15) is 6.04 Å². The molecule has 0 aromatic heterocycles. The summed E-state index contributed by atoms with van der Waals surface area (Å²) in [6, 6.07) is 8.10. The number of alkyl halides is 5. The lowest BCUT2D eigenvalue weighted by molar-refractivity contribution is -0.290. The number of benzene rings is 2. The molecule has 0 aliphatic heterocycles. The van der Waals surface area contributed by atoms with Crippen molar-refractivity contribution in [2.24, 2.45) is 5.73 Å². The first kappa shape index (κ1) is 13.7. The van der Waals surface area contributed by atoms with Crippen LogP contribution in [0.5, 0.6) is 0 Å². The Kier molecular flexibility index (Phi) is 3.22. The number of nitrogens with two attached hydrogens (primary N) is 1. The van der Waals surface area contributed by atoms with Crippen molar-refractivity contribution in [3.8, 4) is 0 Å². The lowest BCUT2D eigenvalue weighted by Gasteiger charge is -2.26. The van der Waals surface area contributed by atoms with Gasteiger partial charge in [-0.05, 0) is 16.3 Å². The fourth-order valence-corrected chi connectivity index (χ4v) is 1.89. The second kappa shape index (κ2) is 4.45. The Labute approximate surface area is 105 Å². The zero-order valence-electron chi connectivity index (χ0n) is 9.59. The van der Waals surface area contributed by atoms with Gasteiger partial charge in [-0.15, -0.1) is 0 Å². The van der Waals surface area contributed by atoms with Gasteiger partial charge in [0.2, 0.25) is 0 Å². The summed E-state index contributed by atoms with van der Waals surface area (Å²) in [6.07, 6.45) is -5.68. The molecule has 1 nitrogen and oxygen atoms in total. The highest BCUT2D eigenvalue weighted by molar-refractivity contribution is 5.86. The third-order valence-corrected chi connectivity index (χ3v) is 2.93. The van der Waals surface area contributed by atoms with Crippen LogP contribution in [0.25, 0.3) is 10.8 Å². The van der Waals surface area contributed by atoms with E-state index < -0.39 is 18.1 Å². The van der Waals surface area contributed by atoms with Crippen LogP contribution in [-0.2, 0) is 0 Å². The van der Waals surface area contributed by atoms with Crippen LogP contribution in [0, 0.1) is 0 Å². The van der Waals surface area contributed by atoms with E-state index >= 15 is 0 Å². The maximum Gasteiger partial charge on any atom is 0.455 e. The summed E-state index contributed by atoms with van der Waals surface area (Å²) >= 11 is 0. The SMILES string of the molecule is NC(c1cccc2ccccc12)C(F)(F)C(F)(F)F. The summed E-state index contributed by atoms with van der Waals surface area (Å²) in [5.74, 6) is -4.98. The summed E-state index contributed by atoms with van der Waals surface area (Å²) in [4.78, 5) is 0. The maximum atomic E-state index is 13.3. The highest BCUT2D eigenvalue weighted by Crippen LogP contribution is 2.44. The number of hydrogen-bond donors (Lipinski definition) is 1. The fraction of sp³-hybridized carbons (Fsp3) is 0.231. The van der Waals surface area contributed by atoms with Crippen LogP contribution < -0.4 is 5.73 Å². The van der Waals surface area contributed by atoms with Gasteiger partial charge in [-0.25, -0.2) is 0 Å². The highest BCUT2D eigenvalue weighted by atomic mass is 19.4. The van der Waals surface area contributed by atoms with Crippen LogP contribution in [0.3, 0.4) is 0 Å². The molecule has 6 heteroatoms. The van der Waals surface area contributed by atoms with Crippen LogP contribution in [-0.4, -0.2) is 12.1 Å². The Morgan fingerprint density at radius 2 is 1.42 bits per heavy atom. The van der Waals surface area contributed by atoms with E-state index in [4.69, 9.17) is 5.73 Å². The Hall–Kier alpha value is -1.69. The lowest BCUT2D eigenvalue weighted by Crippen LogP contribution is -2.45. The molecule has 0 fully saturated rings. The molecule has 0 amide bonds. The monoisotopic (exact) mass is 275 g/mol. The third-order valence-electron chi connectivity index (χ3n) is 2.93. The van der Waals surface area contributed by atoms with Crippen LogP contribution in [0.4, 0.5) is 22.0 Å². The second-order valence-electron chi connectivity index (χ2n) is 4.17. The molecule has 0 aliphatic carbocycles. The minimum atomic E-state index is -5.68. The molecule has 0 aliphatic rings. The van der Waals surface area contributed by atoms with Crippen LogP contribution >= 0.6 is 0 Å². The number of hydrogen-bond acceptors (Lipinski definition) is 1. The quantitative estimate of drug-likeness (QED) is 0.822. The van der Waals surface area contributed by atoms with Crippen molar-refractivity contribution >= 4 is 10.8 Å². The summed E-state index contributed by atoms with van der Waals surface area (Å²) in [7, 11) is 0. The van der Waals surface area contributed by atoms with E-state index in [0.717, 1.165) is 0 Å². The molecule has 2 aromatic carbocycles. The molecule has 1 unspecified atom stereocenters. The van der Waals surface area contributed by atoms with E-state index in [-0.39, 0.29) is 5.56 Å². The van der Waals surface area contributed by atoms with E-state index in [2.05, 4.69) is 0 Å². The smallest absolute Gasteiger partial charge is 0.319 e. The molecule has 2 rings (SSSR count). The van der Waals surface area contributed by atoms with Crippen molar-refractivity contribution < 1.29 is 22.0 Å². The molecule has 0 radical (unpaired) electrons. The summed E-state index contributed by atoms with van der Waals surface area (Å²) in [5, 5.41) is 0.856. The van der Waals surface area contributed by atoms with Crippen LogP contribution in [0.1, 0.15) is 11.6 Å². The molecule has 0 saturated carbocycles. The minimum absolute atomic E-state index is 0.222. The van der Waals surface area contributed by atoms with Gasteiger partial charge in [0.05, 0.1) is 0 Å². The van der Waals surface area contributed by atoms with E-state index in [1.165, 1.54) is 18.2 Å². The van der Waals surface area contributed by atoms with Gasteiger partial charge in [0.15, 0.2) is 0 Å². The predicted octanol–water partition coefficient (Wildman–Crippen LogP) is 4.04. The highest BCUT2D eigenvalue weighted by Gasteiger charge is 2.61. The van der Waals surface area contributed by atoms with Crippen molar-refractivity contribution in [2.75, 3.05) is 0 Å². The van der Waals surface area contributed by atoms with E-state index in [9.17, 15) is 22.0 Å². The predicted molar refractivity (Wildman–Crippen MR) is 61.9 cm³/mol. The summed E-state index contributed by atoms with van der Waals surface area (Å²) in [5.41, 5.74) is 4.93. The molecular weight excluding hydrogens is 265 g/mol. The fourth-order valence-electron chi connectivity index (χ4n) is 1.89. The topological polar surface area (TPSA) is 26.0 Å². The number of fused-ring (bicyclic) bond motifs is 1. The molecule has 2 N–H and O–H groups in total. The van der Waals surface area contributed by atoms with Crippen molar-refractivity contribution in [3.63, 3.8) is 0 Å². The normalized spacial score (nSPS) is 14.6. The van der Waals surface area contributed by atoms with Gasteiger partial charge in [0.25, 0.3) is 0 Å². The average Bonchev–Trinajstić information content (AvgIpc) is 2.36. The second-order valence-corrected chi connectivity index (χ2v) is 4.17. The van der Waals surface area contributed by atoms with E-state index in [1.54, 1.807) is 24.3 Å². The molecular formula is C13H10F5N. The Balaban J connectivity index is 2.56. The molecule has 0 bridgehead atoms. The molecule has 102 valence electrons. The van der Waals surface area contributed by atoms with Crippen molar-refractivity contribution in [3.05, 3.63) is 48.0 Å². The summed E-state index contributed by atoms with van der Waals surface area (Å²) in [6.45, 7) is 0. The van der Waals surface area contributed by atoms with Gasteiger partial charge >= 0.3 is 12.1 Å². The van der Waals surface area contributed by atoms with Crippen LogP contribution in [0.2, 0.25) is 0 Å². The molecule has 0 saturated heterocycles. The third kappa shape index (κ3) is 2.28. The Morgan fingerprint density at radius 3 is 2.05 bits per heavy atom. The molecule has 0 spiro atoms.